The van der Waals surface area contributed by atoms with E-state index in [0.29, 0.717) is 12.4 Å². The molecule has 0 bridgehead atoms. The van der Waals surface area contributed by atoms with Gasteiger partial charge in [0.1, 0.15) is 30.6 Å². The van der Waals surface area contributed by atoms with Crippen molar-refractivity contribution in [2.75, 3.05) is 5.32 Å². The van der Waals surface area contributed by atoms with Gasteiger partial charge in [0.15, 0.2) is 0 Å². The Bertz CT molecular complexity index is 1240. The third-order valence-electron chi connectivity index (χ3n) is 5.00. The Morgan fingerprint density at radius 1 is 0.969 bits per heavy atom. The fourth-order valence-corrected chi connectivity index (χ4v) is 3.07. The van der Waals surface area contributed by atoms with Gasteiger partial charge >= 0.3 is 0 Å². The molecule has 0 spiro atoms. The van der Waals surface area contributed by atoms with Crippen LogP contribution in [0.3, 0.4) is 0 Å². The van der Waals surface area contributed by atoms with Crippen molar-refractivity contribution < 1.29 is 9.84 Å². The number of nitrogens with one attached hydrogen (secondary N) is 1. The number of anilines is 2. The molecule has 4 rings (SSSR count). The monoisotopic (exact) mass is 423 g/mol. The average Bonchev–Trinajstić information content (AvgIpc) is 2.83. The van der Waals surface area contributed by atoms with E-state index in [1.54, 1.807) is 0 Å². The van der Waals surface area contributed by atoms with Gasteiger partial charge in [-0.2, -0.15) is 0 Å². The molecule has 5 heteroatoms. The van der Waals surface area contributed by atoms with Crippen molar-refractivity contribution >= 4 is 22.4 Å². The topological polar surface area (TPSA) is 67.3 Å². The Morgan fingerprint density at radius 2 is 1.75 bits per heavy atom. The van der Waals surface area contributed by atoms with Crippen molar-refractivity contribution in [3.05, 3.63) is 90.3 Å². The molecule has 0 amide bonds. The van der Waals surface area contributed by atoms with Gasteiger partial charge in [-0.3, -0.25) is 0 Å². The first-order valence-corrected chi connectivity index (χ1v) is 10.6. The molecule has 1 unspecified atom stereocenters. The molecular formula is C27H25N3O2. The van der Waals surface area contributed by atoms with Gasteiger partial charge in [-0.1, -0.05) is 56.0 Å². The second-order valence-electron chi connectivity index (χ2n) is 7.84. The zero-order chi connectivity index (χ0) is 22.3. The standard InChI is InChI=1S/C27H25N3O2/c1-19(2)26(31)15-9-20-8-14-25-24(16-20)27(29-18-28-25)30-22-10-12-23(13-11-22)32-17-21-6-4-3-5-7-21/h3-8,10-14,16,18-19,26,31H,17H2,1-2H3,(H,28,29,30). The molecule has 160 valence electrons. The lowest BCUT2D eigenvalue weighted by molar-refractivity contribution is 0.181. The lowest BCUT2D eigenvalue weighted by atomic mass is 10.1. The molecule has 5 nitrogen and oxygen atoms in total. The van der Waals surface area contributed by atoms with E-state index in [0.717, 1.165) is 33.5 Å². The molecule has 0 saturated carbocycles. The molecule has 0 aliphatic heterocycles. The molecule has 32 heavy (non-hydrogen) atoms. The van der Waals surface area contributed by atoms with Gasteiger partial charge in [0.05, 0.1) is 5.52 Å². The molecule has 1 heterocycles. The summed E-state index contributed by atoms with van der Waals surface area (Å²) in [4.78, 5) is 8.76. The summed E-state index contributed by atoms with van der Waals surface area (Å²) >= 11 is 0. The number of aromatic nitrogens is 2. The molecule has 3 aromatic carbocycles. The highest BCUT2D eigenvalue weighted by Gasteiger charge is 2.07. The second kappa shape index (κ2) is 9.95. The lowest BCUT2D eigenvalue weighted by Gasteiger charge is -2.10. The van der Waals surface area contributed by atoms with E-state index in [1.807, 2.05) is 86.6 Å². The first-order chi connectivity index (χ1) is 15.6. The van der Waals surface area contributed by atoms with Crippen LogP contribution in [0.5, 0.6) is 5.75 Å². The quantitative estimate of drug-likeness (QED) is 0.411. The van der Waals surface area contributed by atoms with Gasteiger partial charge in [0.2, 0.25) is 0 Å². The Kier molecular flexibility index (Phi) is 6.64. The minimum Gasteiger partial charge on any atom is -0.489 e. The fraction of sp³-hybridized carbons (Fsp3) is 0.185. The van der Waals surface area contributed by atoms with Gasteiger partial charge in [-0.25, -0.2) is 9.97 Å². The molecule has 4 aromatic rings. The number of aliphatic hydroxyl groups is 1. The summed E-state index contributed by atoms with van der Waals surface area (Å²) in [6.07, 6.45) is 0.883. The molecule has 0 aliphatic carbocycles. The van der Waals surface area contributed by atoms with Gasteiger partial charge in [-0.05, 0) is 53.9 Å². The second-order valence-corrected chi connectivity index (χ2v) is 7.84. The first kappa shape index (κ1) is 21.4. The lowest BCUT2D eigenvalue weighted by Crippen LogP contribution is -2.11. The Hall–Kier alpha value is -3.88. The number of hydrogen-bond donors (Lipinski definition) is 2. The van der Waals surface area contributed by atoms with Gasteiger partial charge in [0.25, 0.3) is 0 Å². The zero-order valence-corrected chi connectivity index (χ0v) is 18.1. The smallest absolute Gasteiger partial charge is 0.141 e. The van der Waals surface area contributed by atoms with E-state index in [1.165, 1.54) is 6.33 Å². The minimum absolute atomic E-state index is 0.0863. The highest BCUT2D eigenvalue weighted by Crippen LogP contribution is 2.25. The highest BCUT2D eigenvalue weighted by atomic mass is 16.5. The molecule has 0 saturated heterocycles. The number of aliphatic hydroxyl groups excluding tert-OH is 1. The molecule has 1 aromatic heterocycles. The van der Waals surface area contributed by atoms with Crippen LogP contribution in [-0.2, 0) is 6.61 Å². The summed E-state index contributed by atoms with van der Waals surface area (Å²) in [6, 6.07) is 23.6. The van der Waals surface area contributed by atoms with E-state index in [4.69, 9.17) is 4.74 Å². The van der Waals surface area contributed by atoms with Crippen LogP contribution in [0.1, 0.15) is 25.0 Å². The van der Waals surface area contributed by atoms with Crippen molar-refractivity contribution in [3.63, 3.8) is 0 Å². The fourth-order valence-electron chi connectivity index (χ4n) is 3.07. The largest absolute Gasteiger partial charge is 0.489 e. The number of hydrogen-bond acceptors (Lipinski definition) is 5. The van der Waals surface area contributed by atoms with Crippen molar-refractivity contribution in [1.82, 2.24) is 9.97 Å². The van der Waals surface area contributed by atoms with Crippen LogP contribution < -0.4 is 10.1 Å². The van der Waals surface area contributed by atoms with E-state index < -0.39 is 6.10 Å². The first-order valence-electron chi connectivity index (χ1n) is 10.6. The van der Waals surface area contributed by atoms with E-state index >= 15 is 0 Å². The number of nitrogens with zero attached hydrogens (tertiary/aromatic N) is 2. The molecular weight excluding hydrogens is 398 g/mol. The van der Waals surface area contributed by atoms with Crippen molar-refractivity contribution in [2.24, 2.45) is 5.92 Å². The van der Waals surface area contributed by atoms with Gasteiger partial charge < -0.3 is 15.2 Å². The number of rotatable bonds is 6. The molecule has 2 N–H and O–H groups in total. The Balaban J connectivity index is 1.50. The van der Waals surface area contributed by atoms with Crippen LogP contribution in [0, 0.1) is 17.8 Å². The van der Waals surface area contributed by atoms with E-state index in [2.05, 4.69) is 27.1 Å². The van der Waals surface area contributed by atoms with Crippen LogP contribution in [0.2, 0.25) is 0 Å². The summed E-state index contributed by atoms with van der Waals surface area (Å²) in [5, 5.41) is 14.2. The van der Waals surface area contributed by atoms with Crippen LogP contribution >= 0.6 is 0 Å². The Morgan fingerprint density at radius 3 is 2.50 bits per heavy atom. The molecule has 0 fully saturated rings. The zero-order valence-electron chi connectivity index (χ0n) is 18.1. The van der Waals surface area contributed by atoms with Crippen LogP contribution in [-0.4, -0.2) is 21.2 Å². The summed E-state index contributed by atoms with van der Waals surface area (Å²) in [6.45, 7) is 4.40. The number of benzene rings is 3. The summed E-state index contributed by atoms with van der Waals surface area (Å²) in [5.41, 5.74) is 3.64. The number of ether oxygens (including phenoxy) is 1. The SMILES string of the molecule is CC(C)C(O)C#Cc1ccc2ncnc(Nc3ccc(OCc4ccccc4)cc3)c2c1. The molecule has 0 aliphatic rings. The van der Waals surface area contributed by atoms with Crippen molar-refractivity contribution in [3.8, 4) is 17.6 Å². The normalized spacial score (nSPS) is 11.6. The predicted octanol–water partition coefficient (Wildman–Crippen LogP) is 5.32. The van der Waals surface area contributed by atoms with Crippen LogP contribution in [0.15, 0.2) is 79.1 Å². The summed E-state index contributed by atoms with van der Waals surface area (Å²) in [7, 11) is 0. The maximum Gasteiger partial charge on any atom is 0.141 e. The highest BCUT2D eigenvalue weighted by molar-refractivity contribution is 5.91. The number of fused-ring (bicyclic) bond motifs is 1. The third-order valence-corrected chi connectivity index (χ3v) is 5.00. The maximum absolute atomic E-state index is 9.95. The van der Waals surface area contributed by atoms with Crippen molar-refractivity contribution in [1.29, 1.82) is 0 Å². The Labute approximate surface area is 188 Å². The van der Waals surface area contributed by atoms with Crippen LogP contribution in [0.25, 0.3) is 10.9 Å². The van der Waals surface area contributed by atoms with Crippen molar-refractivity contribution in [2.45, 2.75) is 26.6 Å². The predicted molar refractivity (Wildman–Crippen MR) is 128 cm³/mol. The van der Waals surface area contributed by atoms with E-state index in [-0.39, 0.29) is 5.92 Å². The molecule has 0 radical (unpaired) electrons. The molecule has 1 atom stereocenters. The van der Waals surface area contributed by atoms with Gasteiger partial charge in [-0.15, -0.1) is 0 Å². The average molecular weight is 424 g/mol. The van der Waals surface area contributed by atoms with Gasteiger partial charge in [0, 0.05) is 16.6 Å². The third kappa shape index (κ3) is 5.42. The summed E-state index contributed by atoms with van der Waals surface area (Å²) < 4.78 is 5.86. The van der Waals surface area contributed by atoms with Crippen LogP contribution in [0.4, 0.5) is 11.5 Å². The summed E-state index contributed by atoms with van der Waals surface area (Å²) in [5.74, 6) is 7.52. The maximum atomic E-state index is 9.95. The van der Waals surface area contributed by atoms with E-state index in [9.17, 15) is 5.11 Å². The minimum atomic E-state index is -0.655.